The van der Waals surface area contributed by atoms with Crippen LogP contribution < -0.4 is 15.5 Å². The van der Waals surface area contributed by atoms with Crippen LogP contribution in [0.25, 0.3) is 0 Å². The molecule has 1 heterocycles. The molecule has 124 valence electrons. The van der Waals surface area contributed by atoms with Gasteiger partial charge in [0.05, 0.1) is 12.8 Å². The normalized spacial score (nSPS) is 17.8. The first-order valence-corrected chi connectivity index (χ1v) is 8.04. The van der Waals surface area contributed by atoms with Gasteiger partial charge in [0.2, 0.25) is 5.91 Å². The Morgan fingerprint density at radius 3 is 2.91 bits per heavy atom. The molecule has 1 aromatic carbocycles. The lowest BCUT2D eigenvalue weighted by Gasteiger charge is -2.19. The molecule has 2 N–H and O–H groups in total. The molecular weight excluding hydrogens is 294 g/mol. The van der Waals surface area contributed by atoms with Gasteiger partial charge in [-0.05, 0) is 49.1 Å². The Bertz CT molecular complexity index is 555. The Balaban J connectivity index is 1.80. The van der Waals surface area contributed by atoms with Crippen LogP contribution in [-0.2, 0) is 9.59 Å². The summed E-state index contributed by atoms with van der Waals surface area (Å²) < 4.78 is 5.58. The minimum Gasteiger partial charge on any atom is -0.494 e. The first kappa shape index (κ1) is 17.0. The molecule has 2 amide bonds. The van der Waals surface area contributed by atoms with E-state index in [9.17, 15) is 9.59 Å². The molecule has 0 aromatic heterocycles. The second kappa shape index (κ2) is 8.92. The van der Waals surface area contributed by atoms with Gasteiger partial charge in [0.15, 0.2) is 0 Å². The van der Waals surface area contributed by atoms with Crippen LogP contribution in [0.5, 0.6) is 5.75 Å². The van der Waals surface area contributed by atoms with Crippen molar-refractivity contribution in [3.8, 4) is 5.75 Å². The van der Waals surface area contributed by atoms with Gasteiger partial charge in [-0.2, -0.15) is 5.10 Å². The number of hydrogen-bond donors (Lipinski definition) is 2. The molecule has 1 saturated heterocycles. The van der Waals surface area contributed by atoms with Crippen molar-refractivity contribution in [2.75, 3.05) is 13.2 Å². The van der Waals surface area contributed by atoms with Gasteiger partial charge in [0.25, 0.3) is 5.91 Å². The Morgan fingerprint density at radius 2 is 2.22 bits per heavy atom. The van der Waals surface area contributed by atoms with Crippen molar-refractivity contribution in [3.05, 3.63) is 29.8 Å². The summed E-state index contributed by atoms with van der Waals surface area (Å²) in [6.07, 6.45) is 5.06. The molecule has 0 radical (unpaired) electrons. The summed E-state index contributed by atoms with van der Waals surface area (Å²) >= 11 is 0. The fraction of sp³-hybridized carbons (Fsp3) is 0.471. The maximum absolute atomic E-state index is 11.9. The molecule has 0 saturated carbocycles. The predicted octanol–water partition coefficient (Wildman–Crippen LogP) is 1.84. The number of hydrogen-bond acceptors (Lipinski definition) is 4. The molecule has 23 heavy (non-hydrogen) atoms. The van der Waals surface area contributed by atoms with Crippen molar-refractivity contribution < 1.29 is 14.3 Å². The van der Waals surface area contributed by atoms with E-state index in [0.717, 1.165) is 30.6 Å². The lowest BCUT2D eigenvalue weighted by Crippen LogP contribution is -2.43. The lowest BCUT2D eigenvalue weighted by atomic mass is 9.98. The molecule has 2 rings (SSSR count). The number of benzene rings is 1. The Morgan fingerprint density at radius 1 is 1.43 bits per heavy atom. The molecule has 1 aromatic rings. The molecule has 1 unspecified atom stereocenters. The van der Waals surface area contributed by atoms with Crippen LogP contribution in [0.15, 0.2) is 29.4 Å². The molecular formula is C17H23N3O3. The summed E-state index contributed by atoms with van der Waals surface area (Å²) in [5.41, 5.74) is 3.27. The van der Waals surface area contributed by atoms with Crippen LogP contribution in [0.3, 0.4) is 0 Å². The van der Waals surface area contributed by atoms with Crippen LogP contribution in [0.2, 0.25) is 0 Å². The predicted molar refractivity (Wildman–Crippen MR) is 88.3 cm³/mol. The smallest absolute Gasteiger partial charge is 0.252 e. The van der Waals surface area contributed by atoms with Gasteiger partial charge in [-0.25, -0.2) is 5.43 Å². The van der Waals surface area contributed by atoms with E-state index in [0.29, 0.717) is 19.6 Å². The van der Waals surface area contributed by atoms with Crippen LogP contribution in [0.4, 0.5) is 0 Å². The third kappa shape index (κ3) is 5.39. The molecule has 1 fully saturated rings. The zero-order valence-corrected chi connectivity index (χ0v) is 13.4. The van der Waals surface area contributed by atoms with E-state index in [1.807, 2.05) is 24.3 Å². The van der Waals surface area contributed by atoms with Gasteiger partial charge in [-0.15, -0.1) is 0 Å². The standard InChI is InChI=1S/C17H23N3O3/c1-2-3-11-23-14-8-6-13(7-9-14)12-19-20-17(22)15-5-4-10-18-16(15)21/h6-9,12,15H,2-5,10-11H2,1H3,(H,18,21)(H,20,22). The third-order valence-electron chi connectivity index (χ3n) is 3.64. The van der Waals surface area contributed by atoms with Crippen molar-refractivity contribution in [3.63, 3.8) is 0 Å². The van der Waals surface area contributed by atoms with Gasteiger partial charge in [0, 0.05) is 6.54 Å². The highest BCUT2D eigenvalue weighted by Gasteiger charge is 2.28. The highest BCUT2D eigenvalue weighted by atomic mass is 16.5. The number of carbonyl (C=O) groups is 2. The van der Waals surface area contributed by atoms with Gasteiger partial charge in [-0.1, -0.05) is 13.3 Å². The van der Waals surface area contributed by atoms with Crippen LogP contribution >= 0.6 is 0 Å². The number of ether oxygens (including phenoxy) is 1. The number of hydrazone groups is 1. The van der Waals surface area contributed by atoms with Crippen molar-refractivity contribution in [2.24, 2.45) is 11.0 Å². The number of carbonyl (C=O) groups excluding carboxylic acids is 2. The SMILES string of the molecule is CCCCOc1ccc(C=NNC(=O)C2CCCNC2=O)cc1. The average molecular weight is 317 g/mol. The van der Waals surface area contributed by atoms with Crippen LogP contribution in [0, 0.1) is 5.92 Å². The zero-order valence-electron chi connectivity index (χ0n) is 13.4. The summed E-state index contributed by atoms with van der Waals surface area (Å²) in [7, 11) is 0. The van der Waals surface area contributed by atoms with Crippen LogP contribution in [-0.4, -0.2) is 31.2 Å². The number of piperidine rings is 1. The van der Waals surface area contributed by atoms with Crippen molar-refractivity contribution in [1.29, 1.82) is 0 Å². The van der Waals surface area contributed by atoms with Crippen molar-refractivity contribution >= 4 is 18.0 Å². The van der Waals surface area contributed by atoms with Gasteiger partial charge < -0.3 is 10.1 Å². The summed E-state index contributed by atoms with van der Waals surface area (Å²) in [5, 5.41) is 6.59. The Labute approximate surface area is 136 Å². The van der Waals surface area contributed by atoms with Crippen molar-refractivity contribution in [1.82, 2.24) is 10.7 Å². The molecule has 6 nitrogen and oxygen atoms in total. The highest BCUT2D eigenvalue weighted by Crippen LogP contribution is 2.12. The van der Waals surface area contributed by atoms with E-state index >= 15 is 0 Å². The monoisotopic (exact) mass is 317 g/mol. The zero-order chi connectivity index (χ0) is 16.5. The van der Waals surface area contributed by atoms with Gasteiger partial charge in [-0.3, -0.25) is 9.59 Å². The molecule has 0 aliphatic carbocycles. The van der Waals surface area contributed by atoms with E-state index in [2.05, 4.69) is 22.8 Å². The number of amides is 2. The van der Waals surface area contributed by atoms with E-state index in [4.69, 9.17) is 4.74 Å². The summed E-state index contributed by atoms with van der Waals surface area (Å²) in [6, 6.07) is 7.47. The highest BCUT2D eigenvalue weighted by molar-refractivity contribution is 6.00. The van der Waals surface area contributed by atoms with Crippen LogP contribution in [0.1, 0.15) is 38.2 Å². The van der Waals surface area contributed by atoms with Gasteiger partial charge in [0.1, 0.15) is 11.7 Å². The fourth-order valence-corrected chi connectivity index (χ4v) is 2.26. The minimum atomic E-state index is -0.643. The van der Waals surface area contributed by atoms with Crippen molar-refractivity contribution in [2.45, 2.75) is 32.6 Å². The largest absolute Gasteiger partial charge is 0.494 e. The molecule has 6 heteroatoms. The number of nitrogens with one attached hydrogen (secondary N) is 2. The fourth-order valence-electron chi connectivity index (χ4n) is 2.26. The maximum atomic E-state index is 11.9. The first-order valence-electron chi connectivity index (χ1n) is 8.04. The lowest BCUT2D eigenvalue weighted by molar-refractivity contribution is -0.136. The third-order valence-corrected chi connectivity index (χ3v) is 3.64. The Kier molecular flexibility index (Phi) is 6.59. The summed E-state index contributed by atoms with van der Waals surface area (Å²) in [5.74, 6) is -0.413. The first-order chi connectivity index (χ1) is 11.2. The minimum absolute atomic E-state index is 0.225. The van der Waals surface area contributed by atoms with E-state index in [1.165, 1.54) is 0 Å². The topological polar surface area (TPSA) is 79.8 Å². The number of unbranched alkanes of at least 4 members (excludes halogenated alkanes) is 1. The second-order valence-corrected chi connectivity index (χ2v) is 5.49. The summed E-state index contributed by atoms with van der Waals surface area (Å²) in [6.45, 7) is 3.47. The van der Waals surface area contributed by atoms with E-state index in [-0.39, 0.29) is 11.8 Å². The maximum Gasteiger partial charge on any atom is 0.252 e. The van der Waals surface area contributed by atoms with E-state index in [1.54, 1.807) is 6.21 Å². The quantitative estimate of drug-likeness (QED) is 0.348. The van der Waals surface area contributed by atoms with Gasteiger partial charge >= 0.3 is 0 Å². The summed E-state index contributed by atoms with van der Waals surface area (Å²) in [4.78, 5) is 23.5. The number of rotatable bonds is 7. The molecule has 1 aliphatic heterocycles. The Hall–Kier alpha value is -2.37. The molecule has 0 spiro atoms. The molecule has 0 bridgehead atoms. The molecule has 1 atom stereocenters. The number of nitrogens with zero attached hydrogens (tertiary/aromatic N) is 1. The van der Waals surface area contributed by atoms with E-state index < -0.39 is 5.92 Å². The average Bonchev–Trinajstić information content (AvgIpc) is 2.57. The molecule has 1 aliphatic rings. The second-order valence-electron chi connectivity index (χ2n) is 5.49.